The largest absolute Gasteiger partial charge is 0.477 e. The molecule has 3 heterocycles. The van der Waals surface area contributed by atoms with Crippen LogP contribution in [0.4, 0.5) is 0 Å². The van der Waals surface area contributed by atoms with Crippen molar-refractivity contribution in [3.8, 4) is 5.82 Å². The Hall–Kier alpha value is -1.73. The number of carboxylic acid groups (broad SMARTS) is 1. The highest BCUT2D eigenvalue weighted by atomic mass is 79.9. The van der Waals surface area contributed by atoms with Crippen LogP contribution in [-0.2, 0) is 0 Å². The van der Waals surface area contributed by atoms with Gasteiger partial charge in [0.05, 0.1) is 5.69 Å². The molecule has 0 bridgehead atoms. The summed E-state index contributed by atoms with van der Waals surface area (Å²) in [6.07, 6.45) is 3.96. The first-order chi connectivity index (χ1) is 10.1. The van der Waals surface area contributed by atoms with Crippen LogP contribution in [0.5, 0.6) is 0 Å². The van der Waals surface area contributed by atoms with E-state index in [1.807, 2.05) is 12.1 Å². The SMILES string of the molecule is O=C(O)c1cc2c(C3CC3)nn(-c3ccc(Br)cn3)c2s1. The summed E-state index contributed by atoms with van der Waals surface area (Å²) in [7, 11) is 0. The van der Waals surface area contributed by atoms with Gasteiger partial charge in [0.15, 0.2) is 5.82 Å². The van der Waals surface area contributed by atoms with Crippen molar-refractivity contribution < 1.29 is 9.90 Å². The molecule has 0 unspecified atom stereocenters. The Balaban J connectivity index is 1.95. The minimum atomic E-state index is -0.895. The number of rotatable bonds is 3. The fraction of sp³-hybridized carbons (Fsp3) is 0.214. The van der Waals surface area contributed by atoms with E-state index in [1.54, 1.807) is 16.9 Å². The lowest BCUT2D eigenvalue weighted by atomic mass is 10.2. The zero-order valence-electron chi connectivity index (χ0n) is 10.8. The molecule has 0 spiro atoms. The minimum Gasteiger partial charge on any atom is -0.477 e. The van der Waals surface area contributed by atoms with Crippen LogP contribution < -0.4 is 0 Å². The van der Waals surface area contributed by atoms with Gasteiger partial charge in [-0.3, -0.25) is 0 Å². The molecule has 1 fully saturated rings. The van der Waals surface area contributed by atoms with Crippen molar-refractivity contribution in [1.29, 1.82) is 0 Å². The van der Waals surface area contributed by atoms with Crippen molar-refractivity contribution in [2.24, 2.45) is 0 Å². The fourth-order valence-corrected chi connectivity index (χ4v) is 3.54. The minimum absolute atomic E-state index is 0.343. The second-order valence-electron chi connectivity index (χ2n) is 5.04. The number of halogens is 1. The molecule has 0 atom stereocenters. The van der Waals surface area contributed by atoms with Crippen LogP contribution in [-0.4, -0.2) is 25.8 Å². The van der Waals surface area contributed by atoms with Crippen molar-refractivity contribution in [2.45, 2.75) is 18.8 Å². The predicted molar refractivity (Wildman–Crippen MR) is 83.4 cm³/mol. The van der Waals surface area contributed by atoms with E-state index in [2.05, 4.69) is 26.0 Å². The molecule has 1 aliphatic rings. The fourth-order valence-electron chi connectivity index (χ4n) is 2.34. The summed E-state index contributed by atoms with van der Waals surface area (Å²) in [6.45, 7) is 0. The Morgan fingerprint density at radius 2 is 2.24 bits per heavy atom. The summed E-state index contributed by atoms with van der Waals surface area (Å²) in [4.78, 5) is 16.8. The molecule has 0 aliphatic heterocycles. The zero-order chi connectivity index (χ0) is 14.6. The Labute approximate surface area is 132 Å². The Kier molecular flexibility index (Phi) is 2.87. The summed E-state index contributed by atoms with van der Waals surface area (Å²) in [5.74, 6) is 0.266. The standard InChI is InChI=1S/C14H10BrN3O2S/c15-8-3-4-11(16-6-8)18-13-9(5-10(21-13)14(19)20)12(17-18)7-1-2-7/h3-7H,1-2H2,(H,19,20). The number of fused-ring (bicyclic) bond motifs is 1. The molecular formula is C14H10BrN3O2S. The van der Waals surface area contributed by atoms with Crippen LogP contribution in [0.25, 0.3) is 16.0 Å². The third-order valence-electron chi connectivity index (χ3n) is 3.49. The van der Waals surface area contributed by atoms with E-state index in [0.717, 1.165) is 33.2 Å². The summed E-state index contributed by atoms with van der Waals surface area (Å²) < 4.78 is 2.65. The number of aromatic carboxylic acids is 1. The molecule has 3 aromatic heterocycles. The lowest BCUT2D eigenvalue weighted by Crippen LogP contribution is -1.99. The van der Waals surface area contributed by atoms with Crippen molar-refractivity contribution in [3.63, 3.8) is 0 Å². The van der Waals surface area contributed by atoms with E-state index in [9.17, 15) is 9.90 Å². The van der Waals surface area contributed by atoms with Gasteiger partial charge in [0.2, 0.25) is 0 Å². The normalized spacial score (nSPS) is 14.7. The number of pyridine rings is 1. The van der Waals surface area contributed by atoms with Gasteiger partial charge in [-0.2, -0.15) is 5.10 Å². The quantitative estimate of drug-likeness (QED) is 0.767. The highest BCUT2D eigenvalue weighted by Crippen LogP contribution is 2.44. The summed E-state index contributed by atoms with van der Waals surface area (Å²) in [5, 5.41) is 14.8. The van der Waals surface area contributed by atoms with E-state index in [0.29, 0.717) is 16.6 Å². The van der Waals surface area contributed by atoms with Gasteiger partial charge in [-0.05, 0) is 47.0 Å². The van der Waals surface area contributed by atoms with E-state index in [4.69, 9.17) is 0 Å². The molecule has 5 nitrogen and oxygen atoms in total. The van der Waals surface area contributed by atoms with Crippen molar-refractivity contribution in [3.05, 3.63) is 39.4 Å². The molecule has 1 saturated carbocycles. The number of hydrogen-bond acceptors (Lipinski definition) is 4. The maximum absolute atomic E-state index is 11.2. The topological polar surface area (TPSA) is 68.0 Å². The van der Waals surface area contributed by atoms with Gasteiger partial charge >= 0.3 is 5.97 Å². The molecule has 1 N–H and O–H groups in total. The number of carboxylic acids is 1. The third kappa shape index (κ3) is 2.16. The lowest BCUT2D eigenvalue weighted by molar-refractivity contribution is 0.0702. The maximum atomic E-state index is 11.2. The van der Waals surface area contributed by atoms with Crippen LogP contribution in [0.2, 0.25) is 0 Å². The van der Waals surface area contributed by atoms with Crippen LogP contribution in [0.3, 0.4) is 0 Å². The van der Waals surface area contributed by atoms with Gasteiger partial charge < -0.3 is 5.11 Å². The van der Waals surface area contributed by atoms with Crippen LogP contribution in [0.1, 0.15) is 34.1 Å². The van der Waals surface area contributed by atoms with Gasteiger partial charge in [0.1, 0.15) is 9.71 Å². The summed E-state index contributed by atoms with van der Waals surface area (Å²) in [5.41, 5.74) is 0.999. The maximum Gasteiger partial charge on any atom is 0.345 e. The molecule has 7 heteroatoms. The molecule has 0 aromatic carbocycles. The van der Waals surface area contributed by atoms with E-state index >= 15 is 0 Å². The average Bonchev–Trinajstić information content (AvgIpc) is 3.10. The van der Waals surface area contributed by atoms with Gasteiger partial charge in [0.25, 0.3) is 0 Å². The van der Waals surface area contributed by atoms with Crippen molar-refractivity contribution in [2.75, 3.05) is 0 Å². The number of aromatic nitrogens is 3. The molecule has 21 heavy (non-hydrogen) atoms. The van der Waals surface area contributed by atoms with Crippen LogP contribution >= 0.6 is 27.3 Å². The molecule has 106 valence electrons. The summed E-state index contributed by atoms with van der Waals surface area (Å²) >= 11 is 4.61. The van der Waals surface area contributed by atoms with Gasteiger partial charge in [-0.15, -0.1) is 11.3 Å². The van der Waals surface area contributed by atoms with Crippen molar-refractivity contribution in [1.82, 2.24) is 14.8 Å². The second kappa shape index (κ2) is 4.64. The molecule has 0 amide bonds. The number of hydrogen-bond donors (Lipinski definition) is 1. The first-order valence-corrected chi connectivity index (χ1v) is 8.12. The van der Waals surface area contributed by atoms with Gasteiger partial charge in [-0.25, -0.2) is 14.5 Å². The summed E-state index contributed by atoms with van der Waals surface area (Å²) in [6, 6.07) is 5.50. The molecule has 0 saturated heterocycles. The van der Waals surface area contributed by atoms with E-state index in [-0.39, 0.29) is 0 Å². The highest BCUT2D eigenvalue weighted by molar-refractivity contribution is 9.10. The van der Waals surface area contributed by atoms with E-state index < -0.39 is 5.97 Å². The Morgan fingerprint density at radius 3 is 2.86 bits per heavy atom. The van der Waals surface area contributed by atoms with Crippen LogP contribution in [0, 0.1) is 0 Å². The molecule has 3 aromatic rings. The number of thiophene rings is 1. The molecule has 1 aliphatic carbocycles. The Morgan fingerprint density at radius 1 is 1.43 bits per heavy atom. The first-order valence-electron chi connectivity index (χ1n) is 6.51. The molecule has 0 radical (unpaired) electrons. The molecular weight excluding hydrogens is 354 g/mol. The predicted octanol–water partition coefficient (Wildman–Crippen LogP) is 3.82. The lowest BCUT2D eigenvalue weighted by Gasteiger charge is -2.00. The van der Waals surface area contributed by atoms with Crippen molar-refractivity contribution >= 4 is 43.5 Å². The van der Waals surface area contributed by atoms with E-state index in [1.165, 1.54) is 11.3 Å². The second-order valence-corrected chi connectivity index (χ2v) is 6.99. The number of nitrogens with zero attached hydrogens (tertiary/aromatic N) is 3. The monoisotopic (exact) mass is 363 g/mol. The zero-order valence-corrected chi connectivity index (χ0v) is 13.2. The van der Waals surface area contributed by atoms with Gasteiger partial charge in [0, 0.05) is 22.0 Å². The van der Waals surface area contributed by atoms with Gasteiger partial charge in [-0.1, -0.05) is 0 Å². The number of carbonyl (C=O) groups is 1. The average molecular weight is 364 g/mol. The highest BCUT2D eigenvalue weighted by Gasteiger charge is 2.31. The molecule has 4 rings (SSSR count). The first kappa shape index (κ1) is 13.0. The van der Waals surface area contributed by atoms with Crippen LogP contribution in [0.15, 0.2) is 28.9 Å². The Bertz CT molecular complexity index is 849. The smallest absolute Gasteiger partial charge is 0.345 e. The third-order valence-corrected chi connectivity index (χ3v) is 5.06.